The summed E-state index contributed by atoms with van der Waals surface area (Å²) in [5.74, 6) is 0. The number of para-hydroxylation sites is 1. The summed E-state index contributed by atoms with van der Waals surface area (Å²) in [4.78, 5) is 8.70. The number of hydrogen-bond donors (Lipinski definition) is 0. The van der Waals surface area contributed by atoms with Crippen molar-refractivity contribution >= 4 is 65.7 Å². The first-order valence-electron chi connectivity index (χ1n) is 21.2. The first-order chi connectivity index (χ1) is 31.2. The van der Waals surface area contributed by atoms with Crippen molar-refractivity contribution < 1.29 is 8.83 Å². The van der Waals surface area contributed by atoms with E-state index in [9.17, 15) is 0 Å². The fraction of sp³-hybridized carbons (Fsp3) is 0. The average Bonchev–Trinajstić information content (AvgIpc) is 4.03. The van der Waals surface area contributed by atoms with Crippen molar-refractivity contribution in [3.8, 4) is 61.3 Å². The second-order valence-corrected chi connectivity index (χ2v) is 16.2. The van der Waals surface area contributed by atoms with Crippen LogP contribution in [-0.2, 0) is 0 Å². The van der Waals surface area contributed by atoms with Gasteiger partial charge in [0.2, 0.25) is 0 Å². The summed E-state index contributed by atoms with van der Waals surface area (Å²) in [5, 5.41) is 6.61. The number of hydrogen-bond acceptors (Lipinski definition) is 4. The summed E-state index contributed by atoms with van der Waals surface area (Å²) >= 11 is 0. The zero-order chi connectivity index (χ0) is 41.4. The number of furan rings is 2. The van der Waals surface area contributed by atoms with E-state index in [-0.39, 0.29) is 0 Å². The molecule has 0 unspecified atom stereocenters. The Hall–Kier alpha value is -8.54. The molecule has 8 aromatic carbocycles. The van der Waals surface area contributed by atoms with Crippen LogP contribution in [0.1, 0.15) is 0 Å². The largest absolute Gasteiger partial charge is 0.456 e. The summed E-state index contributed by atoms with van der Waals surface area (Å²) in [6.45, 7) is 0. The van der Waals surface area contributed by atoms with Crippen LogP contribution in [0.5, 0.6) is 0 Å². The Bertz CT molecular complexity index is 3930. The minimum absolute atomic E-state index is 0.850. The molecule has 63 heavy (non-hydrogen) atoms. The molecule has 294 valence electrons. The monoisotopic (exact) mass is 805 g/mol. The fourth-order valence-electron chi connectivity index (χ4n) is 9.47. The molecule has 0 N–H and O–H groups in total. The Labute approximate surface area is 361 Å². The molecule has 0 aliphatic rings. The molecule has 0 saturated carbocycles. The quantitative estimate of drug-likeness (QED) is 0.168. The standard InChI is InChI=1S/C58H35N3O2/c1-2-13-46(14-3-1)61-53-19-15-42(38-9-4-7-36(27-38)37-8-5-11-40(28-37)44-17-21-55-49(32-44)51-34-59-25-23-57(51)62-55)30-47(53)48-31-43(16-20-54(48)61)39-10-6-12-41(29-39)45-18-22-56-50(33-45)52-35-60-26-24-58(52)63-56/h1-35H. The minimum Gasteiger partial charge on any atom is -0.456 e. The van der Waals surface area contributed by atoms with Crippen molar-refractivity contribution in [2.75, 3.05) is 0 Å². The molecular formula is C58H35N3O2. The predicted molar refractivity (Wildman–Crippen MR) is 258 cm³/mol. The highest BCUT2D eigenvalue weighted by molar-refractivity contribution is 6.12. The van der Waals surface area contributed by atoms with Gasteiger partial charge in [-0.05, 0) is 147 Å². The van der Waals surface area contributed by atoms with Gasteiger partial charge in [-0.25, -0.2) is 0 Å². The summed E-state index contributed by atoms with van der Waals surface area (Å²) in [5.41, 5.74) is 18.5. The van der Waals surface area contributed by atoms with Gasteiger partial charge in [0.15, 0.2) is 0 Å². The molecule has 0 saturated heterocycles. The van der Waals surface area contributed by atoms with E-state index < -0.39 is 0 Å². The molecule has 13 aromatic rings. The number of nitrogens with zero attached hydrogens (tertiary/aromatic N) is 3. The zero-order valence-electron chi connectivity index (χ0n) is 33.9. The van der Waals surface area contributed by atoms with Gasteiger partial charge in [0, 0.05) is 62.8 Å². The molecule has 5 heteroatoms. The molecule has 0 atom stereocenters. The topological polar surface area (TPSA) is 57.0 Å². The fourth-order valence-corrected chi connectivity index (χ4v) is 9.47. The predicted octanol–water partition coefficient (Wildman–Crippen LogP) is 15.7. The van der Waals surface area contributed by atoms with Crippen LogP contribution in [0, 0.1) is 0 Å². The zero-order valence-corrected chi connectivity index (χ0v) is 33.9. The van der Waals surface area contributed by atoms with Crippen LogP contribution in [0.15, 0.2) is 222 Å². The first-order valence-corrected chi connectivity index (χ1v) is 21.2. The average molecular weight is 806 g/mol. The maximum absolute atomic E-state index is 6.10. The molecule has 5 aromatic heterocycles. The maximum Gasteiger partial charge on any atom is 0.138 e. The molecule has 0 aliphatic carbocycles. The Morgan fingerprint density at radius 1 is 0.286 bits per heavy atom. The molecule has 0 spiro atoms. The Balaban J connectivity index is 0.896. The molecule has 0 amide bonds. The van der Waals surface area contributed by atoms with E-state index in [2.05, 4.69) is 190 Å². The molecule has 13 rings (SSSR count). The highest BCUT2D eigenvalue weighted by Crippen LogP contribution is 2.40. The van der Waals surface area contributed by atoms with Crippen molar-refractivity contribution in [3.05, 3.63) is 213 Å². The van der Waals surface area contributed by atoms with E-state index in [1.807, 2.05) is 24.5 Å². The van der Waals surface area contributed by atoms with Crippen molar-refractivity contribution in [3.63, 3.8) is 0 Å². The van der Waals surface area contributed by atoms with Gasteiger partial charge in [0.25, 0.3) is 0 Å². The number of fused-ring (bicyclic) bond motifs is 9. The second-order valence-electron chi connectivity index (χ2n) is 16.2. The SMILES string of the molecule is c1ccc(-n2c3ccc(-c4cccc(-c5cccc(-c6ccc7oc8ccncc8c7c6)c5)c4)cc3c3cc(-c4cccc(-c5ccc6oc7ccncc7c6c5)c4)ccc32)cc1. The van der Waals surface area contributed by atoms with Crippen LogP contribution < -0.4 is 0 Å². The number of pyridine rings is 2. The van der Waals surface area contributed by atoms with Gasteiger partial charge in [-0.3, -0.25) is 9.97 Å². The van der Waals surface area contributed by atoms with Gasteiger partial charge in [0.05, 0.1) is 11.0 Å². The van der Waals surface area contributed by atoms with Crippen LogP contribution in [0.2, 0.25) is 0 Å². The highest BCUT2D eigenvalue weighted by Gasteiger charge is 2.16. The van der Waals surface area contributed by atoms with E-state index in [4.69, 9.17) is 8.83 Å². The van der Waals surface area contributed by atoms with Gasteiger partial charge in [-0.1, -0.05) is 97.1 Å². The highest BCUT2D eigenvalue weighted by atomic mass is 16.3. The lowest BCUT2D eigenvalue weighted by molar-refractivity contribution is 0.668. The van der Waals surface area contributed by atoms with Gasteiger partial charge >= 0.3 is 0 Å². The number of rotatable bonds is 6. The summed E-state index contributed by atoms with van der Waals surface area (Å²) in [6, 6.07) is 67.7. The third-order valence-corrected chi connectivity index (χ3v) is 12.6. The van der Waals surface area contributed by atoms with Gasteiger partial charge in [-0.15, -0.1) is 0 Å². The summed E-state index contributed by atoms with van der Waals surface area (Å²) < 4.78 is 14.6. The first kappa shape index (κ1) is 35.2. The lowest BCUT2D eigenvalue weighted by atomic mass is 9.95. The Morgan fingerprint density at radius 3 is 1.08 bits per heavy atom. The number of benzene rings is 8. The van der Waals surface area contributed by atoms with Crippen LogP contribution in [0.3, 0.4) is 0 Å². The molecular weight excluding hydrogens is 771 g/mol. The molecule has 5 nitrogen and oxygen atoms in total. The molecule has 0 aliphatic heterocycles. The van der Waals surface area contributed by atoms with E-state index in [1.165, 1.54) is 44.1 Å². The lowest BCUT2D eigenvalue weighted by Crippen LogP contribution is -1.93. The maximum atomic E-state index is 6.10. The van der Waals surface area contributed by atoms with E-state index in [0.717, 1.165) is 82.9 Å². The third kappa shape index (κ3) is 5.86. The third-order valence-electron chi connectivity index (χ3n) is 12.6. The number of aromatic nitrogens is 3. The van der Waals surface area contributed by atoms with Crippen LogP contribution in [0.25, 0.3) is 127 Å². The van der Waals surface area contributed by atoms with Crippen molar-refractivity contribution in [2.45, 2.75) is 0 Å². The smallest absolute Gasteiger partial charge is 0.138 e. The lowest BCUT2D eigenvalue weighted by Gasteiger charge is -2.10. The van der Waals surface area contributed by atoms with Crippen molar-refractivity contribution in [1.29, 1.82) is 0 Å². The Kier molecular flexibility index (Phi) is 7.84. The van der Waals surface area contributed by atoms with E-state index in [1.54, 1.807) is 12.4 Å². The van der Waals surface area contributed by atoms with Crippen LogP contribution in [-0.4, -0.2) is 14.5 Å². The van der Waals surface area contributed by atoms with Gasteiger partial charge < -0.3 is 13.4 Å². The minimum atomic E-state index is 0.850. The van der Waals surface area contributed by atoms with Gasteiger partial charge in [0.1, 0.15) is 22.3 Å². The second kappa shape index (κ2) is 14.0. The van der Waals surface area contributed by atoms with Crippen LogP contribution >= 0.6 is 0 Å². The van der Waals surface area contributed by atoms with E-state index in [0.29, 0.717) is 0 Å². The molecule has 0 radical (unpaired) electrons. The van der Waals surface area contributed by atoms with Gasteiger partial charge in [-0.2, -0.15) is 0 Å². The molecule has 5 heterocycles. The summed E-state index contributed by atoms with van der Waals surface area (Å²) in [6.07, 6.45) is 7.30. The molecule has 0 bridgehead atoms. The normalized spacial score (nSPS) is 11.8. The van der Waals surface area contributed by atoms with Crippen molar-refractivity contribution in [1.82, 2.24) is 14.5 Å². The molecule has 0 fully saturated rings. The Morgan fingerprint density at radius 2 is 0.651 bits per heavy atom. The van der Waals surface area contributed by atoms with Crippen LogP contribution in [0.4, 0.5) is 0 Å². The van der Waals surface area contributed by atoms with E-state index >= 15 is 0 Å². The summed E-state index contributed by atoms with van der Waals surface area (Å²) in [7, 11) is 0. The van der Waals surface area contributed by atoms with Crippen molar-refractivity contribution in [2.24, 2.45) is 0 Å².